The quantitative estimate of drug-likeness (QED) is 0.838. The molecule has 0 amide bonds. The fourth-order valence-corrected chi connectivity index (χ4v) is 1.69. The average Bonchev–Trinajstić information content (AvgIpc) is 2.91. The molecule has 1 heterocycles. The van der Waals surface area contributed by atoms with Crippen molar-refractivity contribution >= 4 is 0 Å². The number of aromatic amines is 1. The Morgan fingerprint density at radius 1 is 1.29 bits per heavy atom. The van der Waals surface area contributed by atoms with Gasteiger partial charge < -0.3 is 15.2 Å². The Hall–Kier alpha value is -2.01. The highest BCUT2D eigenvalue weighted by Crippen LogP contribution is 2.31. The van der Waals surface area contributed by atoms with E-state index < -0.39 is 0 Å². The number of methoxy groups -OCH3 is 2. The number of nitrogens with zero attached hydrogens (tertiary/aromatic N) is 1. The van der Waals surface area contributed by atoms with Crippen molar-refractivity contribution in [2.24, 2.45) is 5.73 Å². The molecule has 0 saturated carbocycles. The summed E-state index contributed by atoms with van der Waals surface area (Å²) in [6.45, 7) is 0. The van der Waals surface area contributed by atoms with Gasteiger partial charge in [0.1, 0.15) is 11.5 Å². The van der Waals surface area contributed by atoms with Crippen molar-refractivity contribution in [2.45, 2.75) is 6.04 Å². The van der Waals surface area contributed by atoms with Gasteiger partial charge in [0.2, 0.25) is 0 Å². The average molecular weight is 233 g/mol. The van der Waals surface area contributed by atoms with Crippen molar-refractivity contribution in [3.63, 3.8) is 0 Å². The molecule has 0 saturated heterocycles. The van der Waals surface area contributed by atoms with E-state index in [-0.39, 0.29) is 6.04 Å². The van der Waals surface area contributed by atoms with Crippen LogP contribution in [-0.2, 0) is 0 Å². The SMILES string of the molecule is COc1ccc(OC)c(C(N)c2cn[nH]c2)c1. The number of hydrogen-bond acceptors (Lipinski definition) is 4. The van der Waals surface area contributed by atoms with E-state index in [2.05, 4.69) is 10.2 Å². The van der Waals surface area contributed by atoms with Crippen molar-refractivity contribution in [2.75, 3.05) is 14.2 Å². The molecule has 1 aromatic heterocycles. The van der Waals surface area contributed by atoms with E-state index in [1.54, 1.807) is 26.6 Å². The first-order valence-electron chi connectivity index (χ1n) is 5.22. The zero-order chi connectivity index (χ0) is 12.3. The monoisotopic (exact) mass is 233 g/mol. The van der Waals surface area contributed by atoms with Gasteiger partial charge in [-0.2, -0.15) is 5.10 Å². The van der Waals surface area contributed by atoms with E-state index in [4.69, 9.17) is 15.2 Å². The summed E-state index contributed by atoms with van der Waals surface area (Å²) in [5, 5.41) is 6.63. The molecule has 5 heteroatoms. The highest BCUT2D eigenvalue weighted by molar-refractivity contribution is 5.45. The maximum atomic E-state index is 6.17. The maximum absolute atomic E-state index is 6.17. The van der Waals surface area contributed by atoms with Gasteiger partial charge in [0, 0.05) is 17.3 Å². The summed E-state index contributed by atoms with van der Waals surface area (Å²) in [5.41, 5.74) is 7.93. The molecule has 1 atom stereocenters. The molecule has 0 aliphatic heterocycles. The van der Waals surface area contributed by atoms with Crippen molar-refractivity contribution < 1.29 is 9.47 Å². The van der Waals surface area contributed by atoms with Crippen LogP contribution < -0.4 is 15.2 Å². The van der Waals surface area contributed by atoms with Gasteiger partial charge in [0.05, 0.1) is 26.5 Å². The van der Waals surface area contributed by atoms with Crippen LogP contribution in [0.1, 0.15) is 17.2 Å². The fraction of sp³-hybridized carbons (Fsp3) is 0.250. The van der Waals surface area contributed by atoms with Crippen LogP contribution in [0.25, 0.3) is 0 Å². The van der Waals surface area contributed by atoms with Crippen LogP contribution in [0.2, 0.25) is 0 Å². The summed E-state index contributed by atoms with van der Waals surface area (Å²) in [6.07, 6.45) is 3.47. The first-order valence-corrected chi connectivity index (χ1v) is 5.22. The molecule has 5 nitrogen and oxygen atoms in total. The van der Waals surface area contributed by atoms with Gasteiger partial charge in [-0.15, -0.1) is 0 Å². The Labute approximate surface area is 99.5 Å². The molecule has 2 rings (SSSR count). The van der Waals surface area contributed by atoms with E-state index in [0.717, 1.165) is 22.6 Å². The van der Waals surface area contributed by atoms with Crippen LogP contribution in [0.5, 0.6) is 11.5 Å². The lowest BCUT2D eigenvalue weighted by Gasteiger charge is -2.15. The third kappa shape index (κ3) is 2.24. The summed E-state index contributed by atoms with van der Waals surface area (Å²) >= 11 is 0. The molecule has 1 aromatic carbocycles. The molecule has 0 bridgehead atoms. The Morgan fingerprint density at radius 3 is 2.71 bits per heavy atom. The maximum Gasteiger partial charge on any atom is 0.124 e. The number of hydrogen-bond donors (Lipinski definition) is 2. The van der Waals surface area contributed by atoms with E-state index in [9.17, 15) is 0 Å². The summed E-state index contributed by atoms with van der Waals surface area (Å²) in [7, 11) is 3.24. The molecular weight excluding hydrogens is 218 g/mol. The van der Waals surface area contributed by atoms with E-state index in [0.29, 0.717) is 0 Å². The van der Waals surface area contributed by atoms with E-state index in [1.807, 2.05) is 18.2 Å². The van der Waals surface area contributed by atoms with Gasteiger partial charge in [-0.1, -0.05) is 0 Å². The van der Waals surface area contributed by atoms with E-state index >= 15 is 0 Å². The number of nitrogens with one attached hydrogen (secondary N) is 1. The Bertz CT molecular complexity index is 483. The van der Waals surface area contributed by atoms with Gasteiger partial charge in [0.15, 0.2) is 0 Å². The van der Waals surface area contributed by atoms with Crippen molar-refractivity contribution in [3.05, 3.63) is 41.7 Å². The van der Waals surface area contributed by atoms with Gasteiger partial charge in [0.25, 0.3) is 0 Å². The second-order valence-electron chi connectivity index (χ2n) is 3.62. The van der Waals surface area contributed by atoms with Crippen molar-refractivity contribution in [1.82, 2.24) is 10.2 Å². The lowest BCUT2D eigenvalue weighted by atomic mass is 10.0. The summed E-state index contributed by atoms with van der Waals surface area (Å²) in [5.74, 6) is 1.49. The molecule has 1 unspecified atom stereocenters. The fourth-order valence-electron chi connectivity index (χ4n) is 1.69. The number of ether oxygens (including phenoxy) is 2. The number of H-pyrrole nitrogens is 1. The summed E-state index contributed by atoms with van der Waals surface area (Å²) in [6, 6.07) is 5.26. The van der Waals surface area contributed by atoms with Crippen molar-refractivity contribution in [3.8, 4) is 11.5 Å². The number of aromatic nitrogens is 2. The molecule has 0 aliphatic rings. The van der Waals surface area contributed by atoms with Gasteiger partial charge in [-0.3, -0.25) is 5.10 Å². The van der Waals surface area contributed by atoms with Crippen LogP contribution in [0.3, 0.4) is 0 Å². The molecule has 2 aromatic rings. The second kappa shape index (κ2) is 4.88. The lowest BCUT2D eigenvalue weighted by molar-refractivity contribution is 0.397. The molecule has 0 radical (unpaired) electrons. The van der Waals surface area contributed by atoms with E-state index in [1.165, 1.54) is 0 Å². The Kier molecular flexibility index (Phi) is 3.30. The summed E-state index contributed by atoms with van der Waals surface area (Å²) < 4.78 is 10.5. The number of nitrogens with two attached hydrogens (primary N) is 1. The van der Waals surface area contributed by atoms with Gasteiger partial charge in [-0.25, -0.2) is 0 Å². The second-order valence-corrected chi connectivity index (χ2v) is 3.62. The predicted octanol–water partition coefficient (Wildman–Crippen LogP) is 1.47. The lowest BCUT2D eigenvalue weighted by Crippen LogP contribution is -2.12. The standard InChI is InChI=1S/C12H15N3O2/c1-16-9-3-4-11(17-2)10(5-9)12(13)8-6-14-15-7-8/h3-7,12H,13H2,1-2H3,(H,14,15). The molecular formula is C12H15N3O2. The van der Waals surface area contributed by atoms with Crippen LogP contribution in [0.15, 0.2) is 30.6 Å². The number of benzene rings is 1. The Morgan fingerprint density at radius 2 is 2.12 bits per heavy atom. The molecule has 17 heavy (non-hydrogen) atoms. The number of rotatable bonds is 4. The predicted molar refractivity (Wildman–Crippen MR) is 64.2 cm³/mol. The van der Waals surface area contributed by atoms with Gasteiger partial charge in [-0.05, 0) is 18.2 Å². The molecule has 90 valence electrons. The van der Waals surface area contributed by atoms with Crippen LogP contribution in [-0.4, -0.2) is 24.4 Å². The minimum atomic E-state index is -0.293. The first kappa shape index (κ1) is 11.5. The first-order chi connectivity index (χ1) is 8.26. The molecule has 3 N–H and O–H groups in total. The minimum Gasteiger partial charge on any atom is -0.497 e. The molecule has 0 aliphatic carbocycles. The zero-order valence-corrected chi connectivity index (χ0v) is 9.81. The van der Waals surface area contributed by atoms with Crippen molar-refractivity contribution in [1.29, 1.82) is 0 Å². The zero-order valence-electron chi connectivity index (χ0n) is 9.81. The Balaban J connectivity index is 2.41. The smallest absolute Gasteiger partial charge is 0.124 e. The van der Waals surface area contributed by atoms with Gasteiger partial charge >= 0.3 is 0 Å². The van der Waals surface area contributed by atoms with Crippen LogP contribution in [0, 0.1) is 0 Å². The minimum absolute atomic E-state index is 0.293. The highest BCUT2D eigenvalue weighted by Gasteiger charge is 2.15. The molecule has 0 fully saturated rings. The molecule has 0 spiro atoms. The van der Waals surface area contributed by atoms with Crippen LogP contribution in [0.4, 0.5) is 0 Å². The largest absolute Gasteiger partial charge is 0.497 e. The third-order valence-electron chi connectivity index (χ3n) is 2.65. The topological polar surface area (TPSA) is 73.2 Å². The van der Waals surface area contributed by atoms with Crippen LogP contribution >= 0.6 is 0 Å². The highest BCUT2D eigenvalue weighted by atomic mass is 16.5. The normalized spacial score (nSPS) is 12.2. The summed E-state index contributed by atoms with van der Waals surface area (Å²) in [4.78, 5) is 0. The third-order valence-corrected chi connectivity index (χ3v) is 2.65.